The average Bonchev–Trinajstić information content (AvgIpc) is 3.26. The van der Waals surface area contributed by atoms with Crippen LogP contribution in [0.5, 0.6) is 0 Å². The number of carbonyl (C=O) groups is 1. The zero-order valence-corrected chi connectivity index (χ0v) is 39.4. The van der Waals surface area contributed by atoms with E-state index in [-0.39, 0.29) is 19.2 Å². The Kier molecular flexibility index (Phi) is 41.1. The van der Waals surface area contributed by atoms with Gasteiger partial charge in [0, 0.05) is 13.0 Å². The van der Waals surface area contributed by atoms with Crippen LogP contribution in [-0.4, -0.2) is 89.6 Å². The highest BCUT2D eigenvalue weighted by Crippen LogP contribution is 2.23. The summed E-state index contributed by atoms with van der Waals surface area (Å²) >= 11 is 0. The predicted molar refractivity (Wildman–Crippen MR) is 252 cm³/mol. The Hall–Kier alpha value is -1.59. The molecule has 1 heterocycles. The molecular weight excluding hydrogens is 769 g/mol. The van der Waals surface area contributed by atoms with Gasteiger partial charge in [0.25, 0.3) is 0 Å². The second-order valence-corrected chi connectivity index (χ2v) is 17.6. The third kappa shape index (κ3) is 34.5. The molecule has 9 nitrogen and oxygen atoms in total. The molecule has 0 aromatic carbocycles. The smallest absolute Gasteiger partial charge is 0.306 e. The van der Waals surface area contributed by atoms with Crippen molar-refractivity contribution >= 4 is 5.97 Å². The highest BCUT2D eigenvalue weighted by Gasteiger charge is 2.44. The molecule has 0 aromatic rings. The van der Waals surface area contributed by atoms with E-state index in [4.69, 9.17) is 18.9 Å². The van der Waals surface area contributed by atoms with Gasteiger partial charge in [0.15, 0.2) is 6.29 Å². The van der Waals surface area contributed by atoms with Crippen LogP contribution in [-0.2, 0) is 23.7 Å². The minimum absolute atomic E-state index is 0.115. The molecule has 0 bridgehead atoms. The molecule has 0 aliphatic carbocycles. The first-order valence-electron chi connectivity index (χ1n) is 25.6. The van der Waals surface area contributed by atoms with E-state index >= 15 is 0 Å². The Balaban J connectivity index is 2.21. The van der Waals surface area contributed by atoms with Gasteiger partial charge < -0.3 is 39.4 Å². The van der Waals surface area contributed by atoms with Crippen LogP contribution in [0, 0.1) is 0 Å². The van der Waals surface area contributed by atoms with Crippen molar-refractivity contribution in [3.63, 3.8) is 0 Å². The fourth-order valence-corrected chi connectivity index (χ4v) is 7.79. The number of rotatable bonds is 44. The van der Waals surface area contributed by atoms with Gasteiger partial charge in [0.1, 0.15) is 30.5 Å². The lowest BCUT2D eigenvalue weighted by molar-refractivity contribution is -0.305. The van der Waals surface area contributed by atoms with Crippen molar-refractivity contribution in [1.29, 1.82) is 0 Å². The maximum Gasteiger partial charge on any atom is 0.306 e. The van der Waals surface area contributed by atoms with E-state index in [0.717, 1.165) is 57.8 Å². The fourth-order valence-electron chi connectivity index (χ4n) is 7.79. The number of aliphatic hydroxyl groups excluding tert-OH is 4. The monoisotopic (exact) mass is 865 g/mol. The lowest BCUT2D eigenvalue weighted by Crippen LogP contribution is -2.59. The molecule has 6 atom stereocenters. The van der Waals surface area contributed by atoms with Crippen molar-refractivity contribution in [2.24, 2.45) is 0 Å². The zero-order chi connectivity index (χ0) is 44.3. The van der Waals surface area contributed by atoms with E-state index in [9.17, 15) is 25.2 Å². The summed E-state index contributed by atoms with van der Waals surface area (Å²) in [5.74, 6) is -0.314. The summed E-state index contributed by atoms with van der Waals surface area (Å²) in [7, 11) is 0. The van der Waals surface area contributed by atoms with Crippen LogP contribution < -0.4 is 0 Å². The number of esters is 1. The van der Waals surface area contributed by atoms with E-state index in [2.05, 4.69) is 50.3 Å². The van der Waals surface area contributed by atoms with Gasteiger partial charge in [-0.2, -0.15) is 0 Å². The first-order valence-corrected chi connectivity index (χ1v) is 25.6. The number of hydrogen-bond acceptors (Lipinski definition) is 9. The molecule has 61 heavy (non-hydrogen) atoms. The number of hydrogen-bond donors (Lipinski definition) is 4. The van der Waals surface area contributed by atoms with Crippen LogP contribution in [0.2, 0.25) is 0 Å². The van der Waals surface area contributed by atoms with Gasteiger partial charge in [-0.25, -0.2) is 0 Å². The average molecular weight is 865 g/mol. The van der Waals surface area contributed by atoms with Crippen molar-refractivity contribution in [3.05, 3.63) is 36.5 Å². The first kappa shape index (κ1) is 57.4. The van der Waals surface area contributed by atoms with Crippen molar-refractivity contribution in [1.82, 2.24) is 0 Å². The molecule has 6 unspecified atom stereocenters. The first-order chi connectivity index (χ1) is 29.9. The summed E-state index contributed by atoms with van der Waals surface area (Å²) in [6.07, 6.45) is 46.0. The van der Waals surface area contributed by atoms with E-state index in [1.54, 1.807) is 0 Å². The summed E-state index contributed by atoms with van der Waals surface area (Å²) in [5.41, 5.74) is 0. The van der Waals surface area contributed by atoms with E-state index in [1.165, 1.54) is 148 Å². The molecule has 4 N–H and O–H groups in total. The lowest BCUT2D eigenvalue weighted by Gasteiger charge is -2.39. The van der Waals surface area contributed by atoms with Crippen LogP contribution in [0.1, 0.15) is 226 Å². The number of unbranched alkanes of at least 4 members (excludes halogenated alkanes) is 27. The zero-order valence-electron chi connectivity index (χ0n) is 39.4. The van der Waals surface area contributed by atoms with E-state index in [0.29, 0.717) is 13.0 Å². The second-order valence-electron chi connectivity index (χ2n) is 17.6. The van der Waals surface area contributed by atoms with Crippen molar-refractivity contribution < 1.29 is 44.2 Å². The number of aliphatic hydroxyl groups is 4. The molecule has 0 spiro atoms. The molecule has 0 saturated carbocycles. The second kappa shape index (κ2) is 43.7. The van der Waals surface area contributed by atoms with Crippen molar-refractivity contribution in [2.45, 2.75) is 263 Å². The van der Waals surface area contributed by atoms with Crippen LogP contribution in [0.15, 0.2) is 36.5 Å². The van der Waals surface area contributed by atoms with Crippen LogP contribution >= 0.6 is 0 Å². The molecule has 0 aromatic heterocycles. The molecule has 0 amide bonds. The van der Waals surface area contributed by atoms with Gasteiger partial charge in [0.2, 0.25) is 0 Å². The molecule has 1 aliphatic rings. The van der Waals surface area contributed by atoms with E-state index in [1.807, 2.05) is 0 Å². The Morgan fingerprint density at radius 3 is 1.46 bits per heavy atom. The normalized spacial score (nSPS) is 20.1. The third-order valence-corrected chi connectivity index (χ3v) is 11.8. The highest BCUT2D eigenvalue weighted by molar-refractivity contribution is 5.69. The molecule has 1 aliphatic heterocycles. The number of allylic oxidation sites excluding steroid dienone is 6. The minimum atomic E-state index is -1.54. The van der Waals surface area contributed by atoms with Crippen LogP contribution in [0.3, 0.4) is 0 Å². The summed E-state index contributed by atoms with van der Waals surface area (Å²) in [6.45, 7) is 4.54. The van der Waals surface area contributed by atoms with Crippen LogP contribution in [0.25, 0.3) is 0 Å². The van der Waals surface area contributed by atoms with E-state index < -0.39 is 43.4 Å². The Morgan fingerprint density at radius 2 is 0.951 bits per heavy atom. The summed E-state index contributed by atoms with van der Waals surface area (Å²) in [4.78, 5) is 12.8. The summed E-state index contributed by atoms with van der Waals surface area (Å²) in [6, 6.07) is 0. The molecule has 1 fully saturated rings. The molecule has 0 radical (unpaired) electrons. The molecule has 1 rings (SSSR count). The minimum Gasteiger partial charge on any atom is -0.457 e. The van der Waals surface area contributed by atoms with Gasteiger partial charge in [-0.15, -0.1) is 0 Å². The molecule has 358 valence electrons. The lowest BCUT2D eigenvalue weighted by atomic mass is 9.99. The highest BCUT2D eigenvalue weighted by atomic mass is 16.7. The number of carbonyl (C=O) groups excluding carboxylic acids is 1. The maximum absolute atomic E-state index is 12.8. The predicted octanol–water partition coefficient (Wildman–Crippen LogP) is 12.3. The van der Waals surface area contributed by atoms with Gasteiger partial charge in [0.05, 0.1) is 19.8 Å². The van der Waals surface area contributed by atoms with Crippen molar-refractivity contribution in [3.8, 4) is 0 Å². The Morgan fingerprint density at radius 1 is 0.525 bits per heavy atom. The van der Waals surface area contributed by atoms with Crippen molar-refractivity contribution in [2.75, 3.05) is 26.4 Å². The SMILES string of the molecule is CCCCC/C=C\C/C=C\C/C=C\CCCCCCCCCOCC(COC1OC(CO)C(O)C(O)C1O)OC(=O)CCCCCCCCCCCCCCCCCCCC. The van der Waals surface area contributed by atoms with Gasteiger partial charge in [-0.05, 0) is 51.4 Å². The van der Waals surface area contributed by atoms with Gasteiger partial charge >= 0.3 is 5.97 Å². The Labute approximate surface area is 374 Å². The quantitative estimate of drug-likeness (QED) is 0.0268. The standard InChI is InChI=1S/C52H96O9/c1-3-5-7-9-11-13-15-17-19-21-23-24-26-28-30-32-34-36-38-40-42-58-44-46(45-59-52-51(57)50(56)49(55)47(43-53)61-52)60-48(54)41-39-37-35-33-31-29-27-25-22-20-18-16-14-12-10-8-6-4-2/h11,13,17,19,23-24,46-47,49-53,55-57H,3-10,12,14-16,18,20-22,25-45H2,1-2H3/b13-11-,19-17-,24-23-. The van der Waals surface area contributed by atoms with Gasteiger partial charge in [-0.3, -0.25) is 4.79 Å². The molecule has 9 heteroatoms. The third-order valence-electron chi connectivity index (χ3n) is 11.8. The number of ether oxygens (including phenoxy) is 4. The van der Waals surface area contributed by atoms with Gasteiger partial charge in [-0.1, -0.05) is 204 Å². The summed E-state index contributed by atoms with van der Waals surface area (Å²) < 4.78 is 22.9. The Bertz CT molecular complexity index is 1030. The van der Waals surface area contributed by atoms with Crippen LogP contribution in [0.4, 0.5) is 0 Å². The largest absolute Gasteiger partial charge is 0.457 e. The molecular formula is C52H96O9. The topological polar surface area (TPSA) is 135 Å². The molecule has 1 saturated heterocycles. The fraction of sp³-hybridized carbons (Fsp3) is 0.865. The maximum atomic E-state index is 12.8. The summed E-state index contributed by atoms with van der Waals surface area (Å²) in [5, 5.41) is 40.2.